The lowest BCUT2D eigenvalue weighted by Crippen LogP contribution is -2.55. The summed E-state index contributed by atoms with van der Waals surface area (Å²) < 4.78 is 63.3. The summed E-state index contributed by atoms with van der Waals surface area (Å²) in [6, 6.07) is 20.4. The van der Waals surface area contributed by atoms with Crippen molar-refractivity contribution in [1.29, 1.82) is 0 Å². The third-order valence-electron chi connectivity index (χ3n) is 7.36. The molecule has 0 spiro atoms. The highest BCUT2D eigenvalue weighted by Crippen LogP contribution is 2.40. The van der Waals surface area contributed by atoms with E-state index in [9.17, 15) is 21.6 Å². The summed E-state index contributed by atoms with van der Waals surface area (Å²) in [6.45, 7) is -0.601. The van der Waals surface area contributed by atoms with E-state index in [1.165, 1.54) is 0 Å². The predicted molar refractivity (Wildman–Crippen MR) is 150 cm³/mol. The van der Waals surface area contributed by atoms with Gasteiger partial charge in [-0.15, -0.1) is 0 Å². The molecule has 4 N–H and O–H groups in total. The van der Waals surface area contributed by atoms with E-state index < -0.39 is 27.7 Å². The normalized spacial score (nSPS) is 19.0. The molecule has 3 aromatic rings. The standard InChI is InChI=1S/C27H26Cl2F3N5O2S/c28-19-6-1-16(2-7-19)24(17-3-8-20(29)9-4-17)18-5-10-23-22(15-18)25(33)37(26(34)35-23)21-11-13-36(14-12-21)40(38,39)27(30,31)32/h1-10,15,21,24-25H,11-14,33H2,(H2,34,35). The number of fused-ring (bicyclic) bond motifs is 1. The minimum Gasteiger partial charge on any atom is -0.369 e. The van der Waals surface area contributed by atoms with E-state index in [1.807, 2.05) is 66.7 Å². The van der Waals surface area contributed by atoms with Crippen molar-refractivity contribution in [3.05, 3.63) is 99.0 Å². The maximum atomic E-state index is 13.0. The van der Waals surface area contributed by atoms with Crippen LogP contribution in [0, 0.1) is 0 Å². The Morgan fingerprint density at radius 2 is 1.38 bits per heavy atom. The first-order valence-electron chi connectivity index (χ1n) is 12.5. The number of aliphatic imine (C=N–C) groups is 1. The van der Waals surface area contributed by atoms with Crippen molar-refractivity contribution in [1.82, 2.24) is 9.21 Å². The quantitative estimate of drug-likeness (QED) is 0.360. The fraction of sp³-hybridized carbons (Fsp3) is 0.296. The van der Waals surface area contributed by atoms with Crippen LogP contribution in [0.3, 0.4) is 0 Å². The molecule has 13 heteroatoms. The monoisotopic (exact) mass is 611 g/mol. The molecular weight excluding hydrogens is 586 g/mol. The Kier molecular flexibility index (Phi) is 7.79. The summed E-state index contributed by atoms with van der Waals surface area (Å²) in [5.41, 5.74) is 11.8. The smallest absolute Gasteiger partial charge is 0.369 e. The Morgan fingerprint density at radius 3 is 1.88 bits per heavy atom. The zero-order valence-corrected chi connectivity index (χ0v) is 23.4. The van der Waals surface area contributed by atoms with Gasteiger partial charge in [-0.2, -0.15) is 17.5 Å². The van der Waals surface area contributed by atoms with Gasteiger partial charge >= 0.3 is 15.5 Å². The number of hydrogen-bond acceptors (Lipinski definition) is 6. The van der Waals surface area contributed by atoms with Gasteiger partial charge in [-0.1, -0.05) is 53.5 Å². The van der Waals surface area contributed by atoms with Crippen LogP contribution in [0.15, 0.2) is 71.7 Å². The second kappa shape index (κ2) is 10.9. The molecule has 1 atom stereocenters. The number of rotatable bonds is 5. The summed E-state index contributed by atoms with van der Waals surface area (Å²) in [6.07, 6.45) is -0.502. The molecule has 2 heterocycles. The Morgan fingerprint density at radius 1 is 0.875 bits per heavy atom. The number of sulfonamides is 1. The van der Waals surface area contributed by atoms with Gasteiger partial charge in [-0.25, -0.2) is 13.4 Å². The van der Waals surface area contributed by atoms with E-state index in [1.54, 1.807) is 4.90 Å². The van der Waals surface area contributed by atoms with Gasteiger partial charge in [0, 0.05) is 40.7 Å². The molecule has 2 aliphatic heterocycles. The molecular formula is C27H26Cl2F3N5O2S. The van der Waals surface area contributed by atoms with E-state index in [2.05, 4.69) is 4.99 Å². The van der Waals surface area contributed by atoms with Gasteiger partial charge in [0.2, 0.25) is 0 Å². The predicted octanol–water partition coefficient (Wildman–Crippen LogP) is 5.71. The maximum absolute atomic E-state index is 13.0. The third-order valence-corrected chi connectivity index (χ3v) is 9.49. The van der Waals surface area contributed by atoms with Crippen LogP contribution < -0.4 is 11.5 Å². The van der Waals surface area contributed by atoms with E-state index in [0.717, 1.165) is 16.7 Å². The first kappa shape index (κ1) is 28.7. The SMILES string of the molecule is NC1=Nc2ccc(C(c3ccc(Cl)cc3)c3ccc(Cl)cc3)cc2C(N)N1C1CCN(S(=O)(=O)C(F)(F)F)CC1. The third kappa shape index (κ3) is 5.40. The highest BCUT2D eigenvalue weighted by atomic mass is 35.5. The largest absolute Gasteiger partial charge is 0.511 e. The summed E-state index contributed by atoms with van der Waals surface area (Å²) in [7, 11) is -5.40. The van der Waals surface area contributed by atoms with Crippen molar-refractivity contribution >= 4 is 44.9 Å². The first-order valence-corrected chi connectivity index (χ1v) is 14.7. The van der Waals surface area contributed by atoms with Crippen LogP contribution in [0.25, 0.3) is 0 Å². The van der Waals surface area contributed by atoms with Crippen LogP contribution in [-0.4, -0.2) is 48.2 Å². The zero-order valence-electron chi connectivity index (χ0n) is 21.0. The van der Waals surface area contributed by atoms with Crippen LogP contribution in [0.1, 0.15) is 47.2 Å². The van der Waals surface area contributed by atoms with E-state index in [4.69, 9.17) is 34.7 Å². The van der Waals surface area contributed by atoms with Crippen molar-refractivity contribution in [2.45, 2.75) is 36.5 Å². The number of hydrogen-bond donors (Lipinski definition) is 2. The maximum Gasteiger partial charge on any atom is 0.511 e. The molecule has 0 saturated carbocycles. The Labute approximate surface area is 240 Å². The number of alkyl halides is 3. The minimum atomic E-state index is -5.40. The van der Waals surface area contributed by atoms with E-state index >= 15 is 0 Å². The lowest BCUT2D eigenvalue weighted by atomic mass is 9.84. The van der Waals surface area contributed by atoms with Crippen molar-refractivity contribution < 1.29 is 21.6 Å². The molecule has 1 fully saturated rings. The summed E-state index contributed by atoms with van der Waals surface area (Å²) in [4.78, 5) is 6.19. The molecule has 2 aliphatic rings. The van der Waals surface area contributed by atoms with Gasteiger partial charge in [0.05, 0.1) is 5.69 Å². The molecule has 0 aliphatic carbocycles. The second-order valence-electron chi connectivity index (χ2n) is 9.76. The lowest BCUT2D eigenvalue weighted by Gasteiger charge is -2.43. The summed E-state index contributed by atoms with van der Waals surface area (Å²) >= 11 is 12.3. The first-order chi connectivity index (χ1) is 18.9. The van der Waals surface area contributed by atoms with Crippen LogP contribution in [0.5, 0.6) is 0 Å². The number of nitrogens with two attached hydrogens (primary N) is 2. The molecule has 5 rings (SSSR count). The highest BCUT2D eigenvalue weighted by molar-refractivity contribution is 7.90. The topological polar surface area (TPSA) is 105 Å². The Balaban J connectivity index is 1.46. The van der Waals surface area contributed by atoms with Gasteiger partial charge in [0.1, 0.15) is 6.17 Å². The number of halogens is 5. The molecule has 1 unspecified atom stereocenters. The van der Waals surface area contributed by atoms with Crippen LogP contribution in [-0.2, 0) is 10.0 Å². The molecule has 212 valence electrons. The van der Waals surface area contributed by atoms with E-state index in [0.29, 0.717) is 25.6 Å². The summed E-state index contributed by atoms with van der Waals surface area (Å²) in [5.74, 6) is -0.0450. The molecule has 0 radical (unpaired) electrons. The molecule has 1 saturated heterocycles. The number of benzene rings is 3. The molecule has 7 nitrogen and oxygen atoms in total. The Hall–Kier alpha value is -2.83. The van der Waals surface area contributed by atoms with Crippen molar-refractivity contribution in [3.8, 4) is 0 Å². The number of guanidine groups is 1. The number of piperidine rings is 1. The van der Waals surface area contributed by atoms with Crippen molar-refractivity contribution in [2.24, 2.45) is 16.5 Å². The molecule has 0 aromatic heterocycles. The van der Waals surface area contributed by atoms with Crippen molar-refractivity contribution in [2.75, 3.05) is 13.1 Å². The average molecular weight is 613 g/mol. The molecule has 40 heavy (non-hydrogen) atoms. The van der Waals surface area contributed by atoms with Crippen molar-refractivity contribution in [3.63, 3.8) is 0 Å². The van der Waals surface area contributed by atoms with Gasteiger partial charge in [0.15, 0.2) is 5.96 Å². The van der Waals surface area contributed by atoms with E-state index in [-0.39, 0.29) is 37.8 Å². The van der Waals surface area contributed by atoms with Crippen LogP contribution in [0.2, 0.25) is 10.0 Å². The van der Waals surface area contributed by atoms with Gasteiger partial charge in [-0.3, -0.25) is 0 Å². The fourth-order valence-electron chi connectivity index (χ4n) is 5.37. The molecule has 3 aromatic carbocycles. The highest BCUT2D eigenvalue weighted by Gasteiger charge is 2.51. The Bertz CT molecular complexity index is 1480. The molecule has 0 amide bonds. The van der Waals surface area contributed by atoms with Gasteiger partial charge in [-0.05, 0) is 65.9 Å². The van der Waals surface area contributed by atoms with Gasteiger partial charge in [0.25, 0.3) is 0 Å². The fourth-order valence-corrected chi connectivity index (χ4v) is 6.61. The minimum absolute atomic E-state index is 0.117. The average Bonchev–Trinajstić information content (AvgIpc) is 2.91. The van der Waals surface area contributed by atoms with Crippen LogP contribution in [0.4, 0.5) is 18.9 Å². The van der Waals surface area contributed by atoms with Crippen LogP contribution >= 0.6 is 23.2 Å². The second-order valence-corrected chi connectivity index (χ2v) is 12.6. The number of nitrogens with zero attached hydrogens (tertiary/aromatic N) is 3. The zero-order chi connectivity index (χ0) is 28.8. The lowest BCUT2D eigenvalue weighted by molar-refractivity contribution is -0.0498. The molecule has 0 bridgehead atoms. The van der Waals surface area contributed by atoms with Gasteiger partial charge < -0.3 is 16.4 Å². The summed E-state index contributed by atoms with van der Waals surface area (Å²) in [5, 5.41) is 1.22.